The van der Waals surface area contributed by atoms with E-state index in [1.54, 1.807) is 6.07 Å². The maximum Gasteiger partial charge on any atom is 0.212 e. The first-order chi connectivity index (χ1) is 4.52. The van der Waals surface area contributed by atoms with Crippen molar-refractivity contribution >= 4 is 10.0 Å². The maximum absolute atomic E-state index is 10.7. The van der Waals surface area contributed by atoms with Crippen LogP contribution in [0, 0.1) is 11.3 Å². The lowest BCUT2D eigenvalue weighted by molar-refractivity contribution is 0.578. The first-order valence-corrected chi connectivity index (χ1v) is 4.56. The zero-order chi connectivity index (χ0) is 8.20. The molecule has 0 radical (unpaired) electrons. The highest BCUT2D eigenvalue weighted by Gasteiger charge is 2.09. The number of hydrogen-bond donors (Lipinski definition) is 1. The second kappa shape index (κ2) is 3.54. The molecule has 0 saturated carbocycles. The van der Waals surface area contributed by atoms with Crippen LogP contribution in [0.15, 0.2) is 0 Å². The van der Waals surface area contributed by atoms with Crippen LogP contribution in [0.4, 0.5) is 0 Å². The molecule has 0 heterocycles. The van der Waals surface area contributed by atoms with Crippen LogP contribution in [-0.2, 0) is 10.0 Å². The number of nitriles is 1. The predicted molar refractivity (Wildman–Crippen MR) is 37.7 cm³/mol. The monoisotopic (exact) mass is 162 g/mol. The minimum absolute atomic E-state index is 0.0129. The molecule has 0 aliphatic rings. The third-order valence-electron chi connectivity index (χ3n) is 0.930. The molecule has 0 rings (SSSR count). The fraction of sp³-hybridized carbons (Fsp3) is 0.800. The number of hydrogen-bond acceptors (Lipinski definition) is 3. The van der Waals surface area contributed by atoms with Crippen LogP contribution in [0.3, 0.4) is 0 Å². The van der Waals surface area contributed by atoms with Gasteiger partial charge in [0, 0.05) is 0 Å². The first-order valence-electron chi connectivity index (χ1n) is 2.91. The summed E-state index contributed by atoms with van der Waals surface area (Å²) in [7, 11) is -3.20. The molecule has 58 valence electrons. The van der Waals surface area contributed by atoms with E-state index in [4.69, 9.17) is 5.26 Å². The molecule has 0 saturated heterocycles. The Hall–Kier alpha value is -0.600. The van der Waals surface area contributed by atoms with Gasteiger partial charge in [-0.05, 0) is 13.8 Å². The zero-order valence-electron chi connectivity index (χ0n) is 5.96. The number of sulfonamides is 1. The fourth-order valence-corrected chi connectivity index (χ4v) is 1.14. The van der Waals surface area contributed by atoms with Crippen molar-refractivity contribution in [3.8, 4) is 6.07 Å². The van der Waals surface area contributed by atoms with Crippen LogP contribution in [0.1, 0.15) is 13.8 Å². The molecule has 1 N–H and O–H groups in total. The van der Waals surface area contributed by atoms with Gasteiger partial charge < -0.3 is 0 Å². The molecule has 0 fully saturated rings. The van der Waals surface area contributed by atoms with Gasteiger partial charge in [-0.25, -0.2) is 8.42 Å². The van der Waals surface area contributed by atoms with Gasteiger partial charge in [0.25, 0.3) is 0 Å². The van der Waals surface area contributed by atoms with Gasteiger partial charge in [-0.1, -0.05) is 0 Å². The van der Waals surface area contributed by atoms with Crippen molar-refractivity contribution in [2.24, 2.45) is 0 Å². The summed E-state index contributed by atoms with van der Waals surface area (Å²) in [6, 6.07) is 1.13. The molecule has 0 aliphatic heterocycles. The summed E-state index contributed by atoms with van der Waals surface area (Å²) < 4.78 is 23.6. The highest BCUT2D eigenvalue weighted by Crippen LogP contribution is 1.85. The van der Waals surface area contributed by atoms with Crippen LogP contribution in [-0.4, -0.2) is 20.2 Å². The highest BCUT2D eigenvalue weighted by atomic mass is 32.2. The van der Waals surface area contributed by atoms with Gasteiger partial charge in [0.15, 0.2) is 0 Å². The Labute approximate surface area is 60.9 Å². The van der Waals surface area contributed by atoms with E-state index in [9.17, 15) is 8.42 Å². The molecule has 1 atom stereocenters. The van der Waals surface area contributed by atoms with Crippen molar-refractivity contribution in [3.63, 3.8) is 0 Å². The molecular formula is C5H10N2O2S. The Morgan fingerprint density at radius 1 is 1.70 bits per heavy atom. The van der Waals surface area contributed by atoms with E-state index < -0.39 is 16.1 Å². The maximum atomic E-state index is 10.7. The predicted octanol–water partition coefficient (Wildman–Crippen LogP) is -0.162. The molecule has 0 aliphatic carbocycles. The molecule has 0 spiro atoms. The van der Waals surface area contributed by atoms with Gasteiger partial charge in [0.2, 0.25) is 10.0 Å². The van der Waals surface area contributed by atoms with Crippen LogP contribution in [0.5, 0.6) is 0 Å². The van der Waals surface area contributed by atoms with Gasteiger partial charge >= 0.3 is 0 Å². The summed E-state index contributed by atoms with van der Waals surface area (Å²) in [6.07, 6.45) is 0. The van der Waals surface area contributed by atoms with E-state index in [0.29, 0.717) is 0 Å². The van der Waals surface area contributed by atoms with Gasteiger partial charge in [-0.15, -0.1) is 0 Å². The summed E-state index contributed by atoms with van der Waals surface area (Å²) in [6.45, 7) is 3.01. The molecule has 0 bridgehead atoms. The van der Waals surface area contributed by atoms with E-state index in [-0.39, 0.29) is 5.75 Å². The Morgan fingerprint density at radius 2 is 2.20 bits per heavy atom. The normalized spacial score (nSPS) is 14.1. The largest absolute Gasteiger partial charge is 0.212 e. The lowest BCUT2D eigenvalue weighted by Crippen LogP contribution is -2.32. The van der Waals surface area contributed by atoms with Crippen LogP contribution < -0.4 is 4.72 Å². The Bertz CT molecular complexity index is 227. The highest BCUT2D eigenvalue weighted by molar-refractivity contribution is 7.89. The van der Waals surface area contributed by atoms with Gasteiger partial charge in [-0.3, -0.25) is 0 Å². The van der Waals surface area contributed by atoms with E-state index >= 15 is 0 Å². The summed E-state index contributed by atoms with van der Waals surface area (Å²) >= 11 is 0. The smallest absolute Gasteiger partial charge is 0.212 e. The molecule has 0 aromatic rings. The summed E-state index contributed by atoms with van der Waals surface area (Å²) in [5.41, 5.74) is 0. The van der Waals surface area contributed by atoms with E-state index in [1.807, 2.05) is 0 Å². The minimum atomic E-state index is -3.20. The minimum Gasteiger partial charge on any atom is -0.212 e. The van der Waals surface area contributed by atoms with Crippen LogP contribution >= 0.6 is 0 Å². The topological polar surface area (TPSA) is 70.0 Å². The second-order valence-electron chi connectivity index (χ2n) is 1.87. The lowest BCUT2D eigenvalue weighted by atomic mass is 10.4. The van der Waals surface area contributed by atoms with Gasteiger partial charge in [0.1, 0.15) is 6.04 Å². The zero-order valence-corrected chi connectivity index (χ0v) is 6.77. The van der Waals surface area contributed by atoms with E-state index in [0.717, 1.165) is 0 Å². The first kappa shape index (κ1) is 9.40. The average Bonchev–Trinajstić information content (AvgIpc) is 1.87. The third-order valence-corrected chi connectivity index (χ3v) is 2.40. The van der Waals surface area contributed by atoms with E-state index in [2.05, 4.69) is 4.72 Å². The molecule has 4 nitrogen and oxygen atoms in total. The van der Waals surface area contributed by atoms with Crippen molar-refractivity contribution in [1.82, 2.24) is 4.72 Å². The average molecular weight is 162 g/mol. The molecule has 10 heavy (non-hydrogen) atoms. The van der Waals surface area contributed by atoms with Crippen molar-refractivity contribution in [3.05, 3.63) is 0 Å². The standard InChI is InChI=1S/C5H10N2O2S/c1-3-10(8,9)7-5(2)4-6/h5,7H,3H2,1-2H3/t5-/m1/s1. The van der Waals surface area contributed by atoms with Crippen molar-refractivity contribution in [1.29, 1.82) is 5.26 Å². The number of nitrogens with one attached hydrogen (secondary N) is 1. The third kappa shape index (κ3) is 3.43. The van der Waals surface area contributed by atoms with Crippen LogP contribution in [0.25, 0.3) is 0 Å². The summed E-state index contributed by atoms with van der Waals surface area (Å²) in [5, 5.41) is 8.22. The molecule has 0 amide bonds. The SMILES string of the molecule is CCS(=O)(=O)N[C@H](C)C#N. The molecule has 5 heteroatoms. The van der Waals surface area contributed by atoms with Gasteiger partial charge in [0.05, 0.1) is 11.8 Å². The van der Waals surface area contributed by atoms with Crippen molar-refractivity contribution < 1.29 is 8.42 Å². The van der Waals surface area contributed by atoms with Crippen LogP contribution in [0.2, 0.25) is 0 Å². The quantitative estimate of drug-likeness (QED) is 0.626. The fourth-order valence-electron chi connectivity index (χ4n) is 0.379. The lowest BCUT2D eigenvalue weighted by Gasteiger charge is -2.03. The van der Waals surface area contributed by atoms with Gasteiger partial charge in [-0.2, -0.15) is 9.98 Å². The Balaban J connectivity index is 4.06. The second-order valence-corrected chi connectivity index (χ2v) is 3.91. The molecular weight excluding hydrogens is 152 g/mol. The Morgan fingerprint density at radius 3 is 2.50 bits per heavy atom. The summed E-state index contributed by atoms with van der Waals surface area (Å²) in [4.78, 5) is 0. The Kier molecular flexibility index (Phi) is 3.33. The van der Waals surface area contributed by atoms with E-state index in [1.165, 1.54) is 13.8 Å². The number of rotatable bonds is 3. The number of nitrogens with zero attached hydrogens (tertiary/aromatic N) is 1. The van der Waals surface area contributed by atoms with Crippen molar-refractivity contribution in [2.45, 2.75) is 19.9 Å². The molecule has 0 aromatic heterocycles. The molecule has 0 unspecified atom stereocenters. The summed E-state index contributed by atoms with van der Waals surface area (Å²) in [5.74, 6) is 0.0129. The molecule has 0 aromatic carbocycles. The van der Waals surface area contributed by atoms with Crippen molar-refractivity contribution in [2.75, 3.05) is 5.75 Å².